The fourth-order valence-electron chi connectivity index (χ4n) is 7.93. The highest BCUT2D eigenvalue weighted by Crippen LogP contribution is 2.66. The number of carbonyl (C=O) groups excluding carboxylic acids is 5. The largest absolute Gasteiger partial charge is 0.504 e. The fraction of sp³-hybridized carbons (Fsp3) is 0.286. The van der Waals surface area contributed by atoms with Gasteiger partial charge in [0.25, 0.3) is 11.8 Å². The molecule has 2 saturated heterocycles. The maximum absolute atomic E-state index is 15.2. The third-order valence-electron chi connectivity index (χ3n) is 10.3. The van der Waals surface area contributed by atoms with E-state index in [1.165, 1.54) is 56.5 Å². The number of anilines is 2. The lowest BCUT2D eigenvalue weighted by atomic mass is 9.56. The van der Waals surface area contributed by atoms with Crippen molar-refractivity contribution in [1.82, 2.24) is 0 Å². The van der Waals surface area contributed by atoms with E-state index in [9.17, 15) is 42.3 Å². The Morgan fingerprint density at radius 2 is 1.45 bits per heavy atom. The van der Waals surface area contributed by atoms with Crippen LogP contribution in [0.1, 0.15) is 41.6 Å². The van der Waals surface area contributed by atoms with E-state index in [0.717, 1.165) is 11.0 Å². The van der Waals surface area contributed by atoms with Gasteiger partial charge in [0, 0.05) is 11.5 Å². The van der Waals surface area contributed by atoms with Gasteiger partial charge in [-0.1, -0.05) is 17.7 Å². The van der Waals surface area contributed by atoms with Crippen molar-refractivity contribution < 1.29 is 55.8 Å². The zero-order chi connectivity index (χ0) is 37.1. The van der Waals surface area contributed by atoms with Gasteiger partial charge in [-0.2, -0.15) is 0 Å². The number of ketones is 1. The molecule has 0 bridgehead atoms. The van der Waals surface area contributed by atoms with Crippen LogP contribution in [0.15, 0.2) is 54.1 Å². The molecule has 2 aliphatic carbocycles. The van der Waals surface area contributed by atoms with E-state index in [1.54, 1.807) is 0 Å². The van der Waals surface area contributed by atoms with Crippen LogP contribution in [-0.2, 0) is 19.2 Å². The predicted octanol–water partition coefficient (Wildman–Crippen LogP) is 6.07. The molecule has 264 valence electrons. The zero-order valence-electron chi connectivity index (χ0n) is 26.3. The monoisotopic (exact) mass is 748 g/mol. The second kappa shape index (κ2) is 11.6. The quantitative estimate of drug-likeness (QED) is 0.0640. The summed E-state index contributed by atoms with van der Waals surface area (Å²) < 4.78 is 78.4. The Balaban J connectivity index is 1.41. The molecule has 1 saturated carbocycles. The molecule has 16 heteroatoms. The number of rotatable bonds is 5. The molecule has 6 atom stereocenters. The summed E-state index contributed by atoms with van der Waals surface area (Å²) >= 11 is 14.2. The molecule has 3 aromatic rings. The van der Waals surface area contributed by atoms with E-state index < -0.39 is 104 Å². The van der Waals surface area contributed by atoms with E-state index in [2.05, 4.69) is 0 Å². The van der Waals surface area contributed by atoms with Crippen LogP contribution in [0.4, 0.5) is 33.3 Å². The van der Waals surface area contributed by atoms with Crippen LogP contribution in [0.25, 0.3) is 0 Å². The first-order valence-electron chi connectivity index (χ1n) is 15.3. The molecule has 2 heterocycles. The number of imide groups is 2. The first-order chi connectivity index (χ1) is 24.0. The average Bonchev–Trinajstić information content (AvgIpc) is 3.44. The summed E-state index contributed by atoms with van der Waals surface area (Å²) in [4.78, 5) is 63.6. The van der Waals surface area contributed by atoms with Crippen molar-refractivity contribution >= 4 is 64.0 Å². The smallest absolute Gasteiger partial charge is 0.258 e. The van der Waals surface area contributed by atoms with E-state index in [0.29, 0.717) is 5.56 Å². The summed E-state index contributed by atoms with van der Waals surface area (Å²) in [5, 5.41) is 10.7. The molecule has 9 nitrogen and oxygen atoms in total. The molecule has 0 aromatic heterocycles. The van der Waals surface area contributed by atoms with Gasteiger partial charge in [0.15, 0.2) is 50.3 Å². The fourth-order valence-corrected chi connectivity index (χ4v) is 8.86. The normalized spacial score (nSPS) is 28.5. The number of methoxy groups -OCH3 is 1. The molecule has 51 heavy (non-hydrogen) atoms. The Labute approximate surface area is 295 Å². The van der Waals surface area contributed by atoms with Crippen LogP contribution in [0.5, 0.6) is 11.5 Å². The minimum atomic E-state index is -2.74. The average molecular weight is 749 g/mol. The molecule has 4 aliphatic rings. The van der Waals surface area contributed by atoms with Gasteiger partial charge in [0.2, 0.25) is 17.6 Å². The van der Waals surface area contributed by atoms with Gasteiger partial charge < -0.3 is 9.84 Å². The highest BCUT2D eigenvalue weighted by Gasteiger charge is 2.77. The molecule has 0 spiro atoms. The SMILES string of the molecule is COc1ccc(C2C3=CCC4C(=O)N(c5ccc(C(C)=O)cc5)C(=O)C4C3CC3(Cl)C(=O)N(c4c(F)c(F)c(F)c(F)c4F)C(=O)C23Cl)cc1O. The van der Waals surface area contributed by atoms with Crippen LogP contribution < -0.4 is 14.5 Å². The number of phenols is 1. The summed E-state index contributed by atoms with van der Waals surface area (Å²) in [7, 11) is 1.26. The third-order valence-corrected chi connectivity index (χ3v) is 11.7. The van der Waals surface area contributed by atoms with E-state index >= 15 is 8.78 Å². The Hall–Kier alpha value is -4.82. The third kappa shape index (κ3) is 4.48. The number of nitrogens with zero attached hydrogens (tertiary/aromatic N) is 2. The maximum Gasteiger partial charge on any atom is 0.258 e. The number of alkyl halides is 2. The lowest BCUT2D eigenvalue weighted by molar-refractivity contribution is -0.125. The van der Waals surface area contributed by atoms with Gasteiger partial charge in [0.05, 0.1) is 24.6 Å². The minimum absolute atomic E-state index is 0.0107. The van der Waals surface area contributed by atoms with Crippen LogP contribution in [-0.4, -0.2) is 51.4 Å². The summed E-state index contributed by atoms with van der Waals surface area (Å²) in [5.41, 5.74) is -1.20. The topological polar surface area (TPSA) is 121 Å². The van der Waals surface area contributed by atoms with Crippen molar-refractivity contribution in [3.63, 3.8) is 0 Å². The van der Waals surface area contributed by atoms with Gasteiger partial charge in [0.1, 0.15) is 5.69 Å². The number of allylic oxidation sites excluding steroid dienone is 2. The van der Waals surface area contributed by atoms with E-state index in [4.69, 9.17) is 27.9 Å². The number of halogens is 7. The number of amides is 4. The minimum Gasteiger partial charge on any atom is -0.504 e. The highest BCUT2D eigenvalue weighted by molar-refractivity contribution is 6.58. The number of hydrogen-bond donors (Lipinski definition) is 1. The molecule has 4 amide bonds. The standard InChI is InChI=1S/C35H23Cl2F5N2O7/c1-13(45)14-3-6-16(7-4-14)43-30(47)18-9-8-17-19(22(18)31(43)48)12-34(36)32(49)44(29-27(41)25(39)24(38)26(40)28(29)42)33(50)35(34,37)23(17)15-5-10-21(51-2)20(46)11-15/h3-8,10-11,18-19,22-23,46H,9,12H2,1-2H3. The highest BCUT2D eigenvalue weighted by atomic mass is 35.5. The lowest BCUT2D eigenvalue weighted by Crippen LogP contribution is -2.60. The molecule has 0 radical (unpaired) electrons. The van der Waals surface area contributed by atoms with Crippen LogP contribution in [0, 0.1) is 46.8 Å². The van der Waals surface area contributed by atoms with E-state index in [1.807, 2.05) is 0 Å². The Bertz CT molecular complexity index is 2140. The maximum atomic E-state index is 15.2. The molecular formula is C35H23Cl2F5N2O7. The van der Waals surface area contributed by atoms with Crippen LogP contribution in [0.3, 0.4) is 0 Å². The van der Waals surface area contributed by atoms with Gasteiger partial charge in [-0.15, -0.1) is 23.2 Å². The predicted molar refractivity (Wildman–Crippen MR) is 170 cm³/mol. The molecule has 1 N–H and O–H groups in total. The van der Waals surface area contributed by atoms with Crippen molar-refractivity contribution in [2.75, 3.05) is 16.9 Å². The summed E-state index contributed by atoms with van der Waals surface area (Å²) in [6, 6.07) is 9.46. The number of aromatic hydroxyl groups is 1. The number of phenolic OH excluding ortho intramolecular Hbond substituents is 1. The zero-order valence-corrected chi connectivity index (χ0v) is 27.8. The molecule has 3 fully saturated rings. The van der Waals surface area contributed by atoms with Crippen molar-refractivity contribution in [2.45, 2.75) is 35.4 Å². The van der Waals surface area contributed by atoms with Crippen LogP contribution in [0.2, 0.25) is 0 Å². The number of hydrogen-bond acceptors (Lipinski definition) is 7. The van der Waals surface area contributed by atoms with Crippen molar-refractivity contribution in [3.05, 3.63) is 94.3 Å². The molecule has 6 unspecified atom stereocenters. The molecule has 3 aromatic carbocycles. The van der Waals surface area contributed by atoms with Crippen molar-refractivity contribution in [2.24, 2.45) is 17.8 Å². The number of fused-ring (bicyclic) bond motifs is 4. The van der Waals surface area contributed by atoms with Gasteiger partial charge in [-0.25, -0.2) is 26.9 Å². The van der Waals surface area contributed by atoms with Gasteiger partial charge in [-0.05, 0) is 67.6 Å². The first kappa shape index (κ1) is 34.6. The number of ether oxygens (including phenoxy) is 1. The van der Waals surface area contributed by atoms with Gasteiger partial charge in [-0.3, -0.25) is 28.9 Å². The lowest BCUT2D eigenvalue weighted by Gasteiger charge is -2.50. The van der Waals surface area contributed by atoms with Crippen molar-refractivity contribution in [1.29, 1.82) is 0 Å². The van der Waals surface area contributed by atoms with Gasteiger partial charge >= 0.3 is 0 Å². The van der Waals surface area contributed by atoms with E-state index in [-0.39, 0.29) is 39.7 Å². The Kier molecular flexibility index (Phi) is 7.88. The molecule has 2 aliphatic heterocycles. The summed E-state index contributed by atoms with van der Waals surface area (Å²) in [6.07, 6.45) is 0.772. The Morgan fingerprint density at radius 3 is 2.02 bits per heavy atom. The number of benzene rings is 3. The van der Waals surface area contributed by atoms with Crippen LogP contribution >= 0.6 is 23.2 Å². The first-order valence-corrected chi connectivity index (χ1v) is 16.1. The summed E-state index contributed by atoms with van der Waals surface area (Å²) in [5.74, 6) is -22.7. The molecular weight excluding hydrogens is 726 g/mol. The Morgan fingerprint density at radius 1 is 0.843 bits per heavy atom. The van der Waals surface area contributed by atoms with Crippen molar-refractivity contribution in [3.8, 4) is 11.5 Å². The number of Topliss-reactive ketones (excluding diaryl/α,β-unsaturated/α-hetero) is 1. The summed E-state index contributed by atoms with van der Waals surface area (Å²) in [6.45, 7) is 1.34. The molecule has 7 rings (SSSR count). The second-order valence-corrected chi connectivity index (χ2v) is 14.0. The second-order valence-electron chi connectivity index (χ2n) is 12.7. The number of carbonyl (C=O) groups is 5.